The third kappa shape index (κ3) is 4.84. The second kappa shape index (κ2) is 10.3. The molecule has 0 aliphatic carbocycles. The Hall–Kier alpha value is -3.99. The van der Waals surface area contributed by atoms with E-state index in [1.165, 1.54) is 10.8 Å². The summed E-state index contributed by atoms with van der Waals surface area (Å²) in [7, 11) is 1.65. The fourth-order valence-corrected chi connectivity index (χ4v) is 4.18. The minimum atomic E-state index is 0.378. The van der Waals surface area contributed by atoms with Crippen LogP contribution in [-0.4, -0.2) is 23.3 Å². The Morgan fingerprint density at radius 2 is 1.50 bits per heavy atom. The van der Waals surface area contributed by atoms with Crippen molar-refractivity contribution in [1.82, 2.24) is 9.55 Å². The van der Waals surface area contributed by atoms with Gasteiger partial charge in [-0.2, -0.15) is 0 Å². The van der Waals surface area contributed by atoms with Crippen molar-refractivity contribution >= 4 is 21.8 Å². The number of imidazole rings is 1. The van der Waals surface area contributed by atoms with Gasteiger partial charge >= 0.3 is 0 Å². The van der Waals surface area contributed by atoms with Crippen molar-refractivity contribution in [3.63, 3.8) is 0 Å². The lowest BCUT2D eigenvalue weighted by Crippen LogP contribution is -2.09. The highest BCUT2D eigenvalue weighted by Crippen LogP contribution is 2.27. The Labute approximate surface area is 199 Å². The largest absolute Gasteiger partial charge is 0.494 e. The summed E-state index contributed by atoms with van der Waals surface area (Å²) >= 11 is 0. The first kappa shape index (κ1) is 21.8. The Bertz CT molecular complexity index is 1390. The van der Waals surface area contributed by atoms with Gasteiger partial charge in [0, 0.05) is 6.54 Å². The summed E-state index contributed by atoms with van der Waals surface area (Å²) in [5.41, 5.74) is 2.10. The van der Waals surface area contributed by atoms with E-state index in [4.69, 9.17) is 19.2 Å². The van der Waals surface area contributed by atoms with Crippen molar-refractivity contribution in [2.75, 3.05) is 13.7 Å². The highest BCUT2D eigenvalue weighted by atomic mass is 16.5. The van der Waals surface area contributed by atoms with Gasteiger partial charge in [0.25, 0.3) is 0 Å². The second-order valence-electron chi connectivity index (χ2n) is 8.17. The van der Waals surface area contributed by atoms with Gasteiger partial charge in [-0.1, -0.05) is 54.6 Å². The van der Waals surface area contributed by atoms with Crippen molar-refractivity contribution in [3.05, 3.63) is 96.8 Å². The molecule has 1 heterocycles. The number of unbranched alkanes of at least 4 members (excludes halogenated alkanes) is 1. The maximum Gasteiger partial charge on any atom is 0.161 e. The van der Waals surface area contributed by atoms with Crippen LogP contribution in [0.2, 0.25) is 0 Å². The van der Waals surface area contributed by atoms with Crippen LogP contribution < -0.4 is 14.2 Å². The lowest BCUT2D eigenvalue weighted by molar-refractivity contribution is 0.270. The Kier molecular flexibility index (Phi) is 6.61. The summed E-state index contributed by atoms with van der Waals surface area (Å²) in [6.45, 7) is 1.91. The number of ether oxygens (including phenoxy) is 3. The average molecular weight is 453 g/mol. The molecular formula is C29H28N2O3. The van der Waals surface area contributed by atoms with Gasteiger partial charge in [0.15, 0.2) is 11.5 Å². The predicted molar refractivity (Wildman–Crippen MR) is 136 cm³/mol. The zero-order chi connectivity index (χ0) is 23.2. The molecule has 0 N–H and O–H groups in total. The molecule has 4 aromatic carbocycles. The standard InChI is InChI=1S/C29H28N2O3/c1-32-27-14-6-7-15-28(27)34-21-29-30-25-12-4-5-13-26(25)31(29)18-8-9-19-33-24-17-16-22-10-2-3-11-23(22)20-24/h2-7,10-17,20H,8-9,18-19,21H2,1H3. The van der Waals surface area contributed by atoms with Crippen LogP contribution in [0.3, 0.4) is 0 Å². The number of rotatable bonds is 10. The molecule has 5 heteroatoms. The number of hydrogen-bond acceptors (Lipinski definition) is 4. The number of hydrogen-bond donors (Lipinski definition) is 0. The normalized spacial score (nSPS) is 11.1. The van der Waals surface area contributed by atoms with Gasteiger partial charge in [0.1, 0.15) is 18.2 Å². The summed E-state index contributed by atoms with van der Waals surface area (Å²) < 4.78 is 19.7. The molecule has 5 aromatic rings. The van der Waals surface area contributed by atoms with E-state index in [1.807, 2.05) is 48.5 Å². The molecular weight excluding hydrogens is 424 g/mol. The Balaban J connectivity index is 1.22. The van der Waals surface area contributed by atoms with Crippen molar-refractivity contribution in [1.29, 1.82) is 0 Å². The second-order valence-corrected chi connectivity index (χ2v) is 8.17. The van der Waals surface area contributed by atoms with Crippen molar-refractivity contribution in [2.45, 2.75) is 26.0 Å². The van der Waals surface area contributed by atoms with Crippen LogP contribution in [0.25, 0.3) is 21.8 Å². The molecule has 0 aliphatic heterocycles. The van der Waals surface area contributed by atoms with Gasteiger partial charge in [-0.15, -0.1) is 0 Å². The lowest BCUT2D eigenvalue weighted by Gasteiger charge is -2.13. The van der Waals surface area contributed by atoms with Crippen LogP contribution in [0.1, 0.15) is 18.7 Å². The molecule has 0 amide bonds. The SMILES string of the molecule is COc1ccccc1OCc1nc2ccccc2n1CCCCOc1ccc2ccccc2c1. The summed E-state index contributed by atoms with van der Waals surface area (Å²) in [5, 5.41) is 2.43. The van der Waals surface area contributed by atoms with Crippen LogP contribution in [-0.2, 0) is 13.2 Å². The molecule has 0 spiro atoms. The van der Waals surface area contributed by atoms with E-state index in [0.29, 0.717) is 19.0 Å². The molecule has 5 rings (SSSR count). The number of benzene rings is 4. The molecule has 0 aliphatic rings. The first-order valence-corrected chi connectivity index (χ1v) is 11.6. The monoisotopic (exact) mass is 452 g/mol. The first-order chi connectivity index (χ1) is 16.8. The van der Waals surface area contributed by atoms with E-state index in [0.717, 1.165) is 47.7 Å². The first-order valence-electron chi connectivity index (χ1n) is 11.6. The summed E-state index contributed by atoms with van der Waals surface area (Å²) in [4.78, 5) is 4.82. The quantitative estimate of drug-likeness (QED) is 0.223. The lowest BCUT2D eigenvalue weighted by atomic mass is 10.1. The third-order valence-electron chi connectivity index (χ3n) is 5.93. The third-order valence-corrected chi connectivity index (χ3v) is 5.93. The Morgan fingerprint density at radius 3 is 2.38 bits per heavy atom. The van der Waals surface area contributed by atoms with Gasteiger partial charge < -0.3 is 18.8 Å². The van der Waals surface area contributed by atoms with Crippen molar-refractivity contribution in [3.8, 4) is 17.2 Å². The van der Waals surface area contributed by atoms with Gasteiger partial charge in [0.2, 0.25) is 0 Å². The smallest absolute Gasteiger partial charge is 0.161 e. The minimum Gasteiger partial charge on any atom is -0.494 e. The topological polar surface area (TPSA) is 45.5 Å². The molecule has 0 fully saturated rings. The molecule has 0 atom stereocenters. The summed E-state index contributed by atoms with van der Waals surface area (Å²) in [5.74, 6) is 3.25. The zero-order valence-electron chi connectivity index (χ0n) is 19.3. The molecule has 0 saturated carbocycles. The number of fused-ring (bicyclic) bond motifs is 2. The van der Waals surface area contributed by atoms with Crippen LogP contribution in [0, 0.1) is 0 Å². The van der Waals surface area contributed by atoms with Crippen molar-refractivity contribution in [2.24, 2.45) is 0 Å². The maximum atomic E-state index is 6.07. The fourth-order valence-electron chi connectivity index (χ4n) is 4.18. The average Bonchev–Trinajstić information content (AvgIpc) is 3.24. The fraction of sp³-hybridized carbons (Fsp3) is 0.207. The number of methoxy groups -OCH3 is 1. The number of para-hydroxylation sites is 4. The summed E-state index contributed by atoms with van der Waals surface area (Å²) in [6.07, 6.45) is 1.93. The van der Waals surface area contributed by atoms with Gasteiger partial charge in [0.05, 0.1) is 24.8 Å². The molecule has 5 nitrogen and oxygen atoms in total. The molecule has 0 unspecified atom stereocenters. The van der Waals surface area contributed by atoms with Gasteiger partial charge in [-0.3, -0.25) is 0 Å². The van der Waals surface area contributed by atoms with E-state index in [2.05, 4.69) is 47.0 Å². The van der Waals surface area contributed by atoms with Crippen LogP contribution in [0.5, 0.6) is 17.2 Å². The van der Waals surface area contributed by atoms with E-state index < -0.39 is 0 Å². The van der Waals surface area contributed by atoms with E-state index in [-0.39, 0.29) is 0 Å². The molecule has 0 radical (unpaired) electrons. The molecule has 1 aromatic heterocycles. The maximum absolute atomic E-state index is 6.07. The minimum absolute atomic E-state index is 0.378. The number of aromatic nitrogens is 2. The number of nitrogens with zero attached hydrogens (tertiary/aromatic N) is 2. The Morgan fingerprint density at radius 1 is 0.735 bits per heavy atom. The van der Waals surface area contributed by atoms with Gasteiger partial charge in [-0.05, 0) is 60.0 Å². The highest BCUT2D eigenvalue weighted by molar-refractivity contribution is 5.83. The molecule has 0 saturated heterocycles. The van der Waals surface area contributed by atoms with E-state index in [9.17, 15) is 0 Å². The van der Waals surface area contributed by atoms with Crippen molar-refractivity contribution < 1.29 is 14.2 Å². The predicted octanol–water partition coefficient (Wildman–Crippen LogP) is 6.64. The van der Waals surface area contributed by atoms with E-state index in [1.54, 1.807) is 7.11 Å². The van der Waals surface area contributed by atoms with E-state index >= 15 is 0 Å². The van der Waals surface area contributed by atoms with Crippen LogP contribution in [0.4, 0.5) is 0 Å². The number of aryl methyl sites for hydroxylation is 1. The highest BCUT2D eigenvalue weighted by Gasteiger charge is 2.12. The molecule has 0 bridgehead atoms. The van der Waals surface area contributed by atoms with Gasteiger partial charge in [-0.25, -0.2) is 4.98 Å². The zero-order valence-corrected chi connectivity index (χ0v) is 19.3. The van der Waals surface area contributed by atoms with Crippen LogP contribution >= 0.6 is 0 Å². The molecule has 172 valence electrons. The summed E-state index contributed by atoms with van der Waals surface area (Å²) in [6, 6.07) is 30.5. The van der Waals surface area contributed by atoms with Crippen LogP contribution in [0.15, 0.2) is 91.0 Å². The molecule has 34 heavy (non-hydrogen) atoms.